The number of methoxy groups -OCH3 is 3. The van der Waals surface area contributed by atoms with E-state index in [1.54, 1.807) is 12.1 Å². The summed E-state index contributed by atoms with van der Waals surface area (Å²) >= 11 is 0. The molecule has 0 aliphatic carbocycles. The molecule has 1 N–H and O–H groups in total. The Labute approximate surface area is 186 Å². The first-order valence-corrected chi connectivity index (χ1v) is 11.2. The molecule has 1 amide bonds. The van der Waals surface area contributed by atoms with Crippen molar-refractivity contribution in [3.05, 3.63) is 47.5 Å². The number of morpholine rings is 1. The van der Waals surface area contributed by atoms with Crippen LogP contribution in [0.4, 0.5) is 0 Å². The Morgan fingerprint density at radius 1 is 1.06 bits per heavy atom. The fraction of sp³-hybridized carbons (Fsp3) is 0.333. The Balaban J connectivity index is 1.77. The van der Waals surface area contributed by atoms with Gasteiger partial charge in [-0.15, -0.1) is 0 Å². The number of nitrogens with one attached hydrogen (secondary N) is 1. The maximum absolute atomic E-state index is 12.8. The number of hydrazone groups is 1. The van der Waals surface area contributed by atoms with E-state index in [0.29, 0.717) is 36.0 Å². The van der Waals surface area contributed by atoms with Crippen LogP contribution in [0, 0.1) is 0 Å². The molecular formula is C21H25N3O7S. The maximum Gasteiger partial charge on any atom is 0.271 e. The zero-order chi connectivity index (χ0) is 23.1. The van der Waals surface area contributed by atoms with Crippen LogP contribution in [0.5, 0.6) is 17.2 Å². The average molecular weight is 464 g/mol. The highest BCUT2D eigenvalue weighted by atomic mass is 32.2. The van der Waals surface area contributed by atoms with Gasteiger partial charge in [-0.05, 0) is 18.2 Å². The van der Waals surface area contributed by atoms with E-state index in [-0.39, 0.29) is 23.5 Å². The van der Waals surface area contributed by atoms with E-state index < -0.39 is 15.9 Å². The summed E-state index contributed by atoms with van der Waals surface area (Å²) in [5.41, 5.74) is 3.05. The Kier molecular flexibility index (Phi) is 7.67. The highest BCUT2D eigenvalue weighted by Crippen LogP contribution is 2.32. The normalized spacial score (nSPS) is 14.8. The monoisotopic (exact) mass is 463 g/mol. The van der Waals surface area contributed by atoms with Crippen molar-refractivity contribution in [1.82, 2.24) is 9.73 Å². The minimum Gasteiger partial charge on any atom is -0.496 e. The maximum atomic E-state index is 12.8. The van der Waals surface area contributed by atoms with Gasteiger partial charge in [-0.25, -0.2) is 13.8 Å². The minimum absolute atomic E-state index is 0.0366. The first-order valence-electron chi connectivity index (χ1n) is 9.72. The molecule has 32 heavy (non-hydrogen) atoms. The average Bonchev–Trinajstić information content (AvgIpc) is 2.84. The molecule has 1 fully saturated rings. The summed E-state index contributed by atoms with van der Waals surface area (Å²) in [6, 6.07) is 9.12. The van der Waals surface area contributed by atoms with Gasteiger partial charge in [0.05, 0.1) is 51.2 Å². The number of rotatable bonds is 8. The van der Waals surface area contributed by atoms with Gasteiger partial charge in [0.1, 0.15) is 17.2 Å². The molecule has 0 bridgehead atoms. The van der Waals surface area contributed by atoms with Crippen LogP contribution in [0.3, 0.4) is 0 Å². The van der Waals surface area contributed by atoms with Gasteiger partial charge in [0.15, 0.2) is 0 Å². The van der Waals surface area contributed by atoms with Gasteiger partial charge in [-0.3, -0.25) is 4.79 Å². The van der Waals surface area contributed by atoms with E-state index in [9.17, 15) is 13.2 Å². The highest BCUT2D eigenvalue weighted by molar-refractivity contribution is 7.89. The molecule has 0 saturated carbocycles. The van der Waals surface area contributed by atoms with Crippen LogP contribution in [0.15, 0.2) is 46.4 Å². The molecule has 1 heterocycles. The second-order valence-corrected chi connectivity index (χ2v) is 8.63. The van der Waals surface area contributed by atoms with Crippen molar-refractivity contribution in [2.24, 2.45) is 5.10 Å². The lowest BCUT2D eigenvalue weighted by atomic mass is 10.2. The minimum atomic E-state index is -3.72. The zero-order valence-electron chi connectivity index (χ0n) is 18.0. The van der Waals surface area contributed by atoms with Gasteiger partial charge < -0.3 is 18.9 Å². The van der Waals surface area contributed by atoms with Crippen LogP contribution >= 0.6 is 0 Å². The van der Waals surface area contributed by atoms with Crippen LogP contribution in [0.1, 0.15) is 15.9 Å². The van der Waals surface area contributed by atoms with Crippen LogP contribution in [0.25, 0.3) is 0 Å². The lowest BCUT2D eigenvalue weighted by molar-refractivity contribution is 0.0730. The first kappa shape index (κ1) is 23.5. The molecule has 0 unspecified atom stereocenters. The predicted molar refractivity (Wildman–Crippen MR) is 117 cm³/mol. The number of hydrogen-bond donors (Lipinski definition) is 1. The van der Waals surface area contributed by atoms with Gasteiger partial charge in [0, 0.05) is 30.8 Å². The number of sulfonamides is 1. The van der Waals surface area contributed by atoms with Crippen LogP contribution < -0.4 is 19.6 Å². The van der Waals surface area contributed by atoms with Crippen molar-refractivity contribution in [2.75, 3.05) is 47.6 Å². The van der Waals surface area contributed by atoms with Crippen molar-refractivity contribution in [3.63, 3.8) is 0 Å². The molecule has 1 saturated heterocycles. The molecule has 10 nitrogen and oxygen atoms in total. The summed E-state index contributed by atoms with van der Waals surface area (Å²) in [6.45, 7) is 1.22. The van der Waals surface area contributed by atoms with E-state index in [4.69, 9.17) is 18.9 Å². The van der Waals surface area contributed by atoms with E-state index in [1.807, 2.05) is 0 Å². The standard InChI is InChI=1S/C21H25N3O7S/c1-28-16-12-19(29-2)18(20(13-16)30-3)14-22-23-21(25)15-5-4-6-17(11-15)32(26,27)24-7-9-31-10-8-24/h4-6,11-14H,7-10H2,1-3H3,(H,23,25). The molecule has 1 aliphatic heterocycles. The van der Waals surface area contributed by atoms with Crippen molar-refractivity contribution in [2.45, 2.75) is 4.90 Å². The Morgan fingerprint density at radius 2 is 1.72 bits per heavy atom. The van der Waals surface area contributed by atoms with Crippen molar-refractivity contribution in [1.29, 1.82) is 0 Å². The summed E-state index contributed by atoms with van der Waals surface area (Å²) in [5, 5.41) is 3.97. The molecular weight excluding hydrogens is 438 g/mol. The third-order valence-corrected chi connectivity index (χ3v) is 6.71. The lowest BCUT2D eigenvalue weighted by Gasteiger charge is -2.26. The molecule has 11 heteroatoms. The molecule has 0 spiro atoms. The van der Waals surface area contributed by atoms with E-state index in [2.05, 4.69) is 10.5 Å². The third-order valence-electron chi connectivity index (χ3n) is 4.82. The SMILES string of the molecule is COc1cc(OC)c(C=NNC(=O)c2cccc(S(=O)(=O)N3CCOCC3)c2)c(OC)c1. The number of carbonyl (C=O) groups excluding carboxylic acids is 1. The fourth-order valence-corrected chi connectivity index (χ4v) is 4.57. The molecule has 2 aromatic rings. The summed E-state index contributed by atoms with van der Waals surface area (Å²) in [4.78, 5) is 12.6. The van der Waals surface area contributed by atoms with Crippen LogP contribution in [0.2, 0.25) is 0 Å². The van der Waals surface area contributed by atoms with Crippen LogP contribution in [-0.4, -0.2) is 72.5 Å². The third kappa shape index (κ3) is 5.18. The van der Waals surface area contributed by atoms with E-state index >= 15 is 0 Å². The molecule has 172 valence electrons. The van der Waals surface area contributed by atoms with Gasteiger partial charge in [0.2, 0.25) is 10.0 Å². The Hall–Kier alpha value is -3.15. The van der Waals surface area contributed by atoms with Crippen molar-refractivity contribution < 1.29 is 32.2 Å². The van der Waals surface area contributed by atoms with Gasteiger partial charge in [-0.2, -0.15) is 9.41 Å². The summed E-state index contributed by atoms with van der Waals surface area (Å²) in [7, 11) is 0.788. The largest absolute Gasteiger partial charge is 0.496 e. The summed E-state index contributed by atoms with van der Waals surface area (Å²) < 4.78 is 48.1. The molecule has 2 aromatic carbocycles. The van der Waals surface area contributed by atoms with E-state index in [1.165, 1.54) is 56.1 Å². The predicted octanol–water partition coefficient (Wildman–Crippen LogP) is 1.50. The Morgan fingerprint density at radius 3 is 2.31 bits per heavy atom. The van der Waals surface area contributed by atoms with Crippen molar-refractivity contribution in [3.8, 4) is 17.2 Å². The molecule has 0 radical (unpaired) electrons. The number of amides is 1. The molecule has 0 atom stereocenters. The van der Waals surface area contributed by atoms with E-state index in [0.717, 1.165) is 0 Å². The van der Waals surface area contributed by atoms with Gasteiger partial charge >= 0.3 is 0 Å². The smallest absolute Gasteiger partial charge is 0.271 e. The topological polar surface area (TPSA) is 116 Å². The second kappa shape index (κ2) is 10.4. The lowest BCUT2D eigenvalue weighted by Crippen LogP contribution is -2.40. The Bertz CT molecular complexity index is 1070. The zero-order valence-corrected chi connectivity index (χ0v) is 18.8. The summed E-state index contributed by atoms with van der Waals surface area (Å²) in [6.07, 6.45) is 1.38. The number of benzene rings is 2. The van der Waals surface area contributed by atoms with Crippen LogP contribution in [-0.2, 0) is 14.8 Å². The van der Waals surface area contributed by atoms with Gasteiger partial charge in [0.25, 0.3) is 5.91 Å². The first-order chi connectivity index (χ1) is 15.4. The van der Waals surface area contributed by atoms with Gasteiger partial charge in [-0.1, -0.05) is 6.07 Å². The number of carbonyl (C=O) groups is 1. The summed E-state index contributed by atoms with van der Waals surface area (Å²) in [5.74, 6) is 0.862. The second-order valence-electron chi connectivity index (χ2n) is 6.69. The fourth-order valence-electron chi connectivity index (χ4n) is 3.11. The number of nitrogens with zero attached hydrogens (tertiary/aromatic N) is 2. The number of ether oxygens (including phenoxy) is 4. The number of hydrogen-bond acceptors (Lipinski definition) is 8. The quantitative estimate of drug-likeness (QED) is 0.466. The molecule has 1 aliphatic rings. The van der Waals surface area contributed by atoms with Crippen molar-refractivity contribution >= 4 is 22.1 Å². The highest BCUT2D eigenvalue weighted by Gasteiger charge is 2.26. The molecule has 0 aromatic heterocycles. The molecule has 3 rings (SSSR count).